The zero-order valence-corrected chi connectivity index (χ0v) is 9.84. The molecule has 3 nitrogen and oxygen atoms in total. The number of carbonyl (C=O) groups is 1. The summed E-state index contributed by atoms with van der Waals surface area (Å²) in [7, 11) is 0. The highest BCUT2D eigenvalue weighted by Crippen LogP contribution is 2.34. The van der Waals surface area contributed by atoms with Crippen LogP contribution in [0.2, 0.25) is 0 Å². The van der Waals surface area contributed by atoms with E-state index < -0.39 is 11.7 Å². The molecule has 0 saturated carbocycles. The molecule has 0 aliphatic carbocycles. The van der Waals surface area contributed by atoms with Crippen LogP contribution in [0.1, 0.15) is 11.1 Å². The lowest BCUT2D eigenvalue weighted by Gasteiger charge is -2.28. The molecule has 0 bridgehead atoms. The van der Waals surface area contributed by atoms with Gasteiger partial charge in [-0.2, -0.15) is 13.2 Å². The molecule has 0 aromatic heterocycles. The minimum atomic E-state index is -4.39. The van der Waals surface area contributed by atoms with Crippen molar-refractivity contribution in [2.45, 2.75) is 13.1 Å². The van der Waals surface area contributed by atoms with Crippen LogP contribution in [0.4, 0.5) is 18.9 Å². The van der Waals surface area contributed by atoms with E-state index in [1.54, 1.807) is 6.07 Å². The number of anilines is 1. The van der Waals surface area contributed by atoms with Crippen molar-refractivity contribution in [3.05, 3.63) is 29.3 Å². The Bertz CT molecular complexity index is 471. The van der Waals surface area contributed by atoms with E-state index in [0.717, 1.165) is 6.07 Å². The van der Waals surface area contributed by atoms with Gasteiger partial charge in [-0.05, 0) is 24.6 Å². The number of rotatable bonds is 1. The molecule has 1 aromatic carbocycles. The summed E-state index contributed by atoms with van der Waals surface area (Å²) < 4.78 is 38.3. The Morgan fingerprint density at radius 2 is 2.06 bits per heavy atom. The van der Waals surface area contributed by atoms with Crippen molar-refractivity contribution in [3.8, 4) is 0 Å². The molecule has 6 heteroatoms. The monoisotopic (exact) mass is 258 g/mol. The molecular formula is C12H13F3N2O. The van der Waals surface area contributed by atoms with E-state index in [1.807, 2.05) is 0 Å². The number of amides is 1. The normalized spacial score (nSPS) is 17.1. The number of halogens is 3. The molecule has 1 fully saturated rings. The summed E-state index contributed by atoms with van der Waals surface area (Å²) in [5.74, 6) is -0.210. The van der Waals surface area contributed by atoms with Gasteiger partial charge >= 0.3 is 6.18 Å². The molecule has 0 radical (unpaired) electrons. The van der Waals surface area contributed by atoms with Crippen LogP contribution in [0.15, 0.2) is 18.2 Å². The van der Waals surface area contributed by atoms with Gasteiger partial charge in [-0.1, -0.05) is 6.07 Å². The van der Waals surface area contributed by atoms with E-state index in [0.29, 0.717) is 18.8 Å². The molecule has 98 valence electrons. The fourth-order valence-electron chi connectivity index (χ4n) is 1.96. The smallest absolute Gasteiger partial charge is 0.310 e. The van der Waals surface area contributed by atoms with Gasteiger partial charge in [0.2, 0.25) is 5.91 Å². The first-order chi connectivity index (χ1) is 8.39. The first kappa shape index (κ1) is 12.9. The number of benzene rings is 1. The van der Waals surface area contributed by atoms with Gasteiger partial charge in [0.15, 0.2) is 0 Å². The minimum Gasteiger partial charge on any atom is -0.310 e. The highest BCUT2D eigenvalue weighted by molar-refractivity contribution is 5.95. The molecule has 0 unspecified atom stereocenters. The minimum absolute atomic E-state index is 0.161. The Labute approximate surface area is 103 Å². The van der Waals surface area contributed by atoms with Crippen LogP contribution in [-0.2, 0) is 11.0 Å². The van der Waals surface area contributed by atoms with Crippen molar-refractivity contribution >= 4 is 11.6 Å². The maximum absolute atomic E-state index is 12.8. The average molecular weight is 258 g/mol. The van der Waals surface area contributed by atoms with Gasteiger partial charge in [0.05, 0.1) is 12.1 Å². The lowest BCUT2D eigenvalue weighted by molar-refractivity contribution is -0.138. The van der Waals surface area contributed by atoms with Gasteiger partial charge in [-0.3, -0.25) is 4.79 Å². The zero-order chi connectivity index (χ0) is 13.3. The highest BCUT2D eigenvalue weighted by atomic mass is 19.4. The van der Waals surface area contributed by atoms with Crippen molar-refractivity contribution < 1.29 is 18.0 Å². The van der Waals surface area contributed by atoms with Gasteiger partial charge in [-0.25, -0.2) is 0 Å². The fraction of sp³-hybridized carbons (Fsp3) is 0.417. The second-order valence-corrected chi connectivity index (χ2v) is 4.22. The maximum atomic E-state index is 12.8. The fourth-order valence-corrected chi connectivity index (χ4v) is 1.96. The number of alkyl halides is 3. The Morgan fingerprint density at radius 3 is 2.67 bits per heavy atom. The van der Waals surface area contributed by atoms with E-state index in [-0.39, 0.29) is 18.0 Å². The second-order valence-electron chi connectivity index (χ2n) is 4.22. The Kier molecular flexibility index (Phi) is 3.30. The van der Waals surface area contributed by atoms with Crippen molar-refractivity contribution in [1.82, 2.24) is 5.32 Å². The summed E-state index contributed by atoms with van der Waals surface area (Å²) in [6, 6.07) is 3.99. The topological polar surface area (TPSA) is 32.3 Å². The summed E-state index contributed by atoms with van der Waals surface area (Å²) in [4.78, 5) is 13.0. The Hall–Kier alpha value is -1.56. The zero-order valence-electron chi connectivity index (χ0n) is 9.84. The summed E-state index contributed by atoms with van der Waals surface area (Å²) >= 11 is 0. The average Bonchev–Trinajstić information content (AvgIpc) is 2.29. The first-order valence-electron chi connectivity index (χ1n) is 5.58. The van der Waals surface area contributed by atoms with Crippen LogP contribution in [0, 0.1) is 6.92 Å². The predicted molar refractivity (Wildman–Crippen MR) is 61.4 cm³/mol. The van der Waals surface area contributed by atoms with Gasteiger partial charge in [0, 0.05) is 18.8 Å². The molecule has 1 aliphatic rings. The van der Waals surface area contributed by atoms with Crippen LogP contribution in [0.25, 0.3) is 0 Å². The summed E-state index contributed by atoms with van der Waals surface area (Å²) in [6.07, 6.45) is -4.39. The standard InChI is InChI=1S/C12H13F3N2O/c1-8-2-3-9(6-10(8)12(13,14)15)17-5-4-16-7-11(17)18/h2-3,6,16H,4-5,7H2,1H3. The van der Waals surface area contributed by atoms with Gasteiger partial charge < -0.3 is 10.2 Å². The molecule has 0 spiro atoms. The summed E-state index contributed by atoms with van der Waals surface area (Å²) in [6.45, 7) is 2.54. The van der Waals surface area contributed by atoms with Crippen molar-refractivity contribution in [2.24, 2.45) is 0 Å². The second kappa shape index (κ2) is 4.61. The van der Waals surface area contributed by atoms with Gasteiger partial charge in [-0.15, -0.1) is 0 Å². The quantitative estimate of drug-likeness (QED) is 0.835. The third-order valence-corrected chi connectivity index (χ3v) is 2.93. The van der Waals surface area contributed by atoms with E-state index in [9.17, 15) is 18.0 Å². The van der Waals surface area contributed by atoms with Crippen molar-refractivity contribution in [1.29, 1.82) is 0 Å². The van der Waals surface area contributed by atoms with E-state index in [4.69, 9.17) is 0 Å². The van der Waals surface area contributed by atoms with Crippen LogP contribution >= 0.6 is 0 Å². The third-order valence-electron chi connectivity index (χ3n) is 2.93. The van der Waals surface area contributed by atoms with E-state index >= 15 is 0 Å². The molecule has 2 rings (SSSR count). The molecule has 0 atom stereocenters. The molecule has 1 N–H and O–H groups in total. The van der Waals surface area contributed by atoms with Crippen LogP contribution < -0.4 is 10.2 Å². The number of hydrogen-bond acceptors (Lipinski definition) is 2. The van der Waals surface area contributed by atoms with Crippen LogP contribution in [0.3, 0.4) is 0 Å². The van der Waals surface area contributed by atoms with Crippen LogP contribution in [-0.4, -0.2) is 25.5 Å². The van der Waals surface area contributed by atoms with Gasteiger partial charge in [0.1, 0.15) is 0 Å². The number of hydrogen-bond donors (Lipinski definition) is 1. The summed E-state index contributed by atoms with van der Waals surface area (Å²) in [5.41, 5.74) is -0.223. The van der Waals surface area contributed by atoms with E-state index in [2.05, 4.69) is 5.32 Å². The first-order valence-corrected chi connectivity index (χ1v) is 5.58. The predicted octanol–water partition coefficient (Wildman–Crippen LogP) is 1.95. The molecule has 1 aliphatic heterocycles. The van der Waals surface area contributed by atoms with Crippen LogP contribution in [0.5, 0.6) is 0 Å². The molecule has 1 saturated heterocycles. The molecule has 1 aromatic rings. The van der Waals surface area contributed by atoms with Crippen molar-refractivity contribution in [2.75, 3.05) is 24.5 Å². The number of carbonyl (C=O) groups excluding carboxylic acids is 1. The largest absolute Gasteiger partial charge is 0.416 e. The van der Waals surface area contributed by atoms with Gasteiger partial charge in [0.25, 0.3) is 0 Å². The van der Waals surface area contributed by atoms with Crippen molar-refractivity contribution in [3.63, 3.8) is 0 Å². The number of nitrogens with one attached hydrogen (secondary N) is 1. The van der Waals surface area contributed by atoms with E-state index in [1.165, 1.54) is 17.9 Å². The highest BCUT2D eigenvalue weighted by Gasteiger charge is 2.33. The Balaban J connectivity index is 2.37. The third kappa shape index (κ3) is 2.48. The Morgan fingerprint density at radius 1 is 1.33 bits per heavy atom. The number of piperazine rings is 1. The molecule has 18 heavy (non-hydrogen) atoms. The SMILES string of the molecule is Cc1ccc(N2CCNCC2=O)cc1C(F)(F)F. The molecular weight excluding hydrogens is 245 g/mol. The summed E-state index contributed by atoms with van der Waals surface area (Å²) in [5, 5.41) is 2.88. The molecule has 1 heterocycles. The lowest BCUT2D eigenvalue weighted by atomic mass is 10.1. The molecule has 1 amide bonds. The number of nitrogens with zero attached hydrogens (tertiary/aromatic N) is 1. The number of aryl methyl sites for hydroxylation is 1. The maximum Gasteiger partial charge on any atom is 0.416 e. The lowest BCUT2D eigenvalue weighted by Crippen LogP contribution is -2.48.